The summed E-state index contributed by atoms with van der Waals surface area (Å²) in [5.74, 6) is -0.566. The van der Waals surface area contributed by atoms with Gasteiger partial charge in [0.05, 0.1) is 6.42 Å². The minimum absolute atomic E-state index is 0.111. The van der Waals surface area contributed by atoms with Crippen molar-refractivity contribution in [1.29, 1.82) is 0 Å². The van der Waals surface area contributed by atoms with E-state index >= 15 is 0 Å². The molecule has 0 fully saturated rings. The number of hydrogen-bond donors (Lipinski definition) is 0. The van der Waals surface area contributed by atoms with Gasteiger partial charge in [0.1, 0.15) is 5.28 Å². The highest BCUT2D eigenvalue weighted by molar-refractivity contribution is 5.72. The third-order valence-corrected chi connectivity index (χ3v) is 1.37. The normalized spacial score (nSPS) is 8.62. The van der Waals surface area contributed by atoms with Gasteiger partial charge in [-0.15, -0.1) is 0 Å². The van der Waals surface area contributed by atoms with Gasteiger partial charge in [0.2, 0.25) is 0 Å². The molecule has 13 heavy (non-hydrogen) atoms. The van der Waals surface area contributed by atoms with Crippen LogP contribution in [0.3, 0.4) is 0 Å². The fraction of sp³-hybridized carbons (Fsp3) is 0.125. The Balaban J connectivity index is 2.50. The SMILES string of the molecule is [N-]=[N+]=NOC(=O)Cc1ccccc1. The molecule has 0 atom stereocenters. The predicted molar refractivity (Wildman–Crippen MR) is 45.4 cm³/mol. The molecule has 0 saturated heterocycles. The van der Waals surface area contributed by atoms with Gasteiger partial charge in [-0.1, -0.05) is 30.3 Å². The molecule has 0 N–H and O–H groups in total. The van der Waals surface area contributed by atoms with E-state index in [0.717, 1.165) is 5.56 Å². The monoisotopic (exact) mass is 177 g/mol. The molecule has 0 aliphatic carbocycles. The zero-order chi connectivity index (χ0) is 9.52. The molecule has 0 amide bonds. The molecule has 0 radical (unpaired) electrons. The number of nitrogens with zero attached hydrogens (tertiary/aromatic N) is 3. The zero-order valence-corrected chi connectivity index (χ0v) is 6.75. The smallest absolute Gasteiger partial charge is 0.322 e. The van der Waals surface area contributed by atoms with Crippen LogP contribution in [0.4, 0.5) is 0 Å². The van der Waals surface area contributed by atoms with Gasteiger partial charge in [0, 0.05) is 4.91 Å². The minimum Gasteiger partial charge on any atom is -0.359 e. The molecular weight excluding hydrogens is 170 g/mol. The lowest BCUT2D eigenvalue weighted by molar-refractivity contribution is -0.143. The van der Waals surface area contributed by atoms with Gasteiger partial charge in [-0.3, -0.25) is 4.79 Å². The summed E-state index contributed by atoms with van der Waals surface area (Å²) in [5, 5.41) is 2.70. The van der Waals surface area contributed by atoms with E-state index in [2.05, 4.69) is 15.0 Å². The van der Waals surface area contributed by atoms with Crippen LogP contribution >= 0.6 is 0 Å². The second-order valence-electron chi connectivity index (χ2n) is 2.30. The number of hydrogen-bond acceptors (Lipinski definition) is 3. The van der Waals surface area contributed by atoms with Crippen LogP contribution in [0.2, 0.25) is 0 Å². The van der Waals surface area contributed by atoms with Gasteiger partial charge >= 0.3 is 5.97 Å². The molecule has 0 saturated carbocycles. The predicted octanol–water partition coefficient (Wildman–Crippen LogP) is 2.00. The summed E-state index contributed by atoms with van der Waals surface area (Å²) in [6.07, 6.45) is 0.111. The van der Waals surface area contributed by atoms with E-state index in [-0.39, 0.29) is 6.42 Å². The van der Waals surface area contributed by atoms with Crippen LogP contribution in [0.15, 0.2) is 35.6 Å². The lowest BCUT2D eigenvalue weighted by Gasteiger charge is -1.96. The summed E-state index contributed by atoms with van der Waals surface area (Å²) in [6, 6.07) is 9.06. The Labute approximate surface area is 74.5 Å². The van der Waals surface area contributed by atoms with Crippen molar-refractivity contribution in [1.82, 2.24) is 0 Å². The lowest BCUT2D eigenvalue weighted by atomic mass is 10.2. The number of carbonyl (C=O) groups is 1. The van der Waals surface area contributed by atoms with Gasteiger partial charge in [-0.25, -0.2) is 0 Å². The third-order valence-electron chi connectivity index (χ3n) is 1.37. The van der Waals surface area contributed by atoms with E-state index < -0.39 is 5.97 Å². The Morgan fingerprint density at radius 1 is 1.46 bits per heavy atom. The van der Waals surface area contributed by atoms with Crippen molar-refractivity contribution in [2.45, 2.75) is 6.42 Å². The first-order valence-corrected chi connectivity index (χ1v) is 3.61. The topological polar surface area (TPSA) is 75.1 Å². The van der Waals surface area contributed by atoms with E-state index in [1.54, 1.807) is 12.1 Å². The maximum atomic E-state index is 10.9. The van der Waals surface area contributed by atoms with Crippen LogP contribution in [0.1, 0.15) is 5.56 Å². The Bertz CT molecular complexity index is 331. The first-order chi connectivity index (χ1) is 6.33. The van der Waals surface area contributed by atoms with Gasteiger partial charge in [-0.05, 0) is 11.1 Å². The van der Waals surface area contributed by atoms with Crippen molar-refractivity contribution in [3.63, 3.8) is 0 Å². The van der Waals surface area contributed by atoms with Gasteiger partial charge in [0.15, 0.2) is 0 Å². The molecule has 5 heteroatoms. The van der Waals surface area contributed by atoms with Crippen LogP contribution in [-0.2, 0) is 16.1 Å². The van der Waals surface area contributed by atoms with Crippen LogP contribution in [0, 0.1) is 0 Å². The first kappa shape index (κ1) is 9.09. The van der Waals surface area contributed by atoms with Crippen LogP contribution in [0.25, 0.3) is 10.4 Å². The Hall–Kier alpha value is -2.00. The van der Waals surface area contributed by atoms with Gasteiger partial charge < -0.3 is 4.84 Å². The Kier molecular flexibility index (Phi) is 3.35. The van der Waals surface area contributed by atoms with Crippen molar-refractivity contribution < 1.29 is 9.63 Å². The molecule has 0 aliphatic heterocycles. The van der Waals surface area contributed by atoms with Crippen LogP contribution in [0.5, 0.6) is 0 Å². The summed E-state index contributed by atoms with van der Waals surface area (Å²) in [5.41, 5.74) is 8.68. The zero-order valence-electron chi connectivity index (χ0n) is 6.75. The molecule has 0 heterocycles. The van der Waals surface area contributed by atoms with Crippen molar-refractivity contribution in [2.24, 2.45) is 5.28 Å². The quantitative estimate of drug-likeness (QED) is 0.306. The fourth-order valence-corrected chi connectivity index (χ4v) is 0.859. The highest BCUT2D eigenvalue weighted by Crippen LogP contribution is 2.00. The van der Waals surface area contributed by atoms with Gasteiger partial charge in [-0.2, -0.15) is 0 Å². The highest BCUT2D eigenvalue weighted by atomic mass is 16.7. The number of rotatable bonds is 3. The third kappa shape index (κ3) is 3.27. The van der Waals surface area contributed by atoms with Crippen molar-refractivity contribution in [2.75, 3.05) is 0 Å². The largest absolute Gasteiger partial charge is 0.359 e. The van der Waals surface area contributed by atoms with Crippen LogP contribution < -0.4 is 0 Å². The standard InChI is InChI=1S/C8H7N3O2/c9-10-11-13-8(12)6-7-4-2-1-3-5-7/h1-5H,6H2. The summed E-state index contributed by atoms with van der Waals surface area (Å²) < 4.78 is 0. The lowest BCUT2D eigenvalue weighted by Crippen LogP contribution is -2.03. The Morgan fingerprint density at radius 3 is 2.77 bits per heavy atom. The Morgan fingerprint density at radius 2 is 2.15 bits per heavy atom. The molecule has 5 nitrogen and oxygen atoms in total. The molecule has 1 rings (SSSR count). The summed E-state index contributed by atoms with van der Waals surface area (Å²) >= 11 is 0. The van der Waals surface area contributed by atoms with E-state index in [0.29, 0.717) is 0 Å². The molecule has 1 aromatic rings. The average molecular weight is 177 g/mol. The maximum Gasteiger partial charge on any atom is 0.322 e. The van der Waals surface area contributed by atoms with E-state index in [1.807, 2.05) is 18.2 Å². The molecule has 0 bridgehead atoms. The van der Waals surface area contributed by atoms with Crippen molar-refractivity contribution >= 4 is 5.97 Å². The van der Waals surface area contributed by atoms with Crippen molar-refractivity contribution in [3.8, 4) is 0 Å². The minimum atomic E-state index is -0.566. The summed E-state index contributed by atoms with van der Waals surface area (Å²) in [7, 11) is 0. The molecule has 0 spiro atoms. The van der Waals surface area contributed by atoms with Gasteiger partial charge in [0.25, 0.3) is 0 Å². The molecule has 0 aromatic heterocycles. The molecule has 0 aliphatic rings. The van der Waals surface area contributed by atoms with Crippen molar-refractivity contribution in [3.05, 3.63) is 46.3 Å². The molecular formula is C8H7N3O2. The van der Waals surface area contributed by atoms with E-state index in [1.165, 1.54) is 0 Å². The fourth-order valence-electron chi connectivity index (χ4n) is 0.859. The van der Waals surface area contributed by atoms with Crippen LogP contribution in [-0.4, -0.2) is 5.97 Å². The number of azide groups is 1. The first-order valence-electron chi connectivity index (χ1n) is 3.61. The second-order valence-corrected chi connectivity index (χ2v) is 2.30. The highest BCUT2D eigenvalue weighted by Gasteiger charge is 2.02. The molecule has 66 valence electrons. The molecule has 0 unspecified atom stereocenters. The summed E-state index contributed by atoms with van der Waals surface area (Å²) in [6.45, 7) is 0. The second kappa shape index (κ2) is 4.79. The number of benzene rings is 1. The average Bonchev–Trinajstić information content (AvgIpc) is 2.16. The van der Waals surface area contributed by atoms with E-state index in [9.17, 15) is 4.79 Å². The summed E-state index contributed by atoms with van der Waals surface area (Å²) in [4.78, 5) is 17.3. The molecule has 1 aromatic carbocycles. The maximum absolute atomic E-state index is 10.9. The number of carbonyl (C=O) groups excluding carboxylic acids is 1. The van der Waals surface area contributed by atoms with E-state index in [4.69, 9.17) is 5.53 Å².